The molecule has 3 rings (SSSR count). The van der Waals surface area contributed by atoms with Crippen LogP contribution in [0.5, 0.6) is 0 Å². The van der Waals surface area contributed by atoms with Gasteiger partial charge in [-0.2, -0.15) is 0 Å². The van der Waals surface area contributed by atoms with Gasteiger partial charge in [-0.1, -0.05) is 6.92 Å². The summed E-state index contributed by atoms with van der Waals surface area (Å²) in [6, 6.07) is 1.66. The molecule has 0 spiro atoms. The third-order valence-electron chi connectivity index (χ3n) is 3.58. The van der Waals surface area contributed by atoms with Crippen LogP contribution in [0.2, 0.25) is 0 Å². The van der Waals surface area contributed by atoms with Crippen molar-refractivity contribution in [3.63, 3.8) is 0 Å². The topological polar surface area (TPSA) is 64.5 Å². The Labute approximate surface area is 126 Å². The highest BCUT2D eigenvalue weighted by molar-refractivity contribution is 7.18. The van der Waals surface area contributed by atoms with Crippen LogP contribution >= 0.6 is 11.3 Å². The van der Waals surface area contributed by atoms with E-state index >= 15 is 0 Å². The molecule has 3 heterocycles. The Bertz CT molecular complexity index is 658. The van der Waals surface area contributed by atoms with E-state index in [0.717, 1.165) is 22.5 Å². The van der Waals surface area contributed by atoms with E-state index in [1.165, 1.54) is 12.0 Å². The molecule has 0 saturated carbocycles. The van der Waals surface area contributed by atoms with E-state index in [0.29, 0.717) is 19.8 Å². The Morgan fingerprint density at radius 1 is 1.57 bits per heavy atom. The molecule has 2 aromatic rings. The number of carbonyl (C=O) groups excluding carboxylic acids is 1. The van der Waals surface area contributed by atoms with Gasteiger partial charge in [0, 0.05) is 11.4 Å². The number of esters is 1. The number of nitrogens with zero attached hydrogens (tertiary/aromatic N) is 3. The zero-order valence-electron chi connectivity index (χ0n) is 12.0. The number of rotatable bonds is 3. The minimum absolute atomic E-state index is 0.299. The van der Waals surface area contributed by atoms with Gasteiger partial charge in [-0.3, -0.25) is 0 Å². The summed E-state index contributed by atoms with van der Waals surface area (Å²) in [6.45, 7) is 3.62. The highest BCUT2D eigenvalue weighted by atomic mass is 32.1. The number of morpholine rings is 1. The van der Waals surface area contributed by atoms with Gasteiger partial charge in [-0.15, -0.1) is 11.3 Å². The summed E-state index contributed by atoms with van der Waals surface area (Å²) in [5.74, 6) is 0.488. The second-order valence-corrected chi connectivity index (χ2v) is 5.90. The lowest BCUT2D eigenvalue weighted by Gasteiger charge is -2.34. The highest BCUT2D eigenvalue weighted by Gasteiger charge is 2.32. The molecule has 0 N–H and O–H groups in total. The first-order chi connectivity index (χ1) is 10.2. The lowest BCUT2D eigenvalue weighted by Crippen LogP contribution is -2.51. The van der Waals surface area contributed by atoms with E-state index in [9.17, 15) is 4.79 Å². The van der Waals surface area contributed by atoms with E-state index in [4.69, 9.17) is 9.47 Å². The van der Waals surface area contributed by atoms with Crippen LogP contribution in [0, 0.1) is 0 Å². The smallest absolute Gasteiger partial charge is 0.330 e. The van der Waals surface area contributed by atoms with Gasteiger partial charge in [0.15, 0.2) is 6.04 Å². The maximum Gasteiger partial charge on any atom is 0.330 e. The van der Waals surface area contributed by atoms with Crippen LogP contribution in [0.25, 0.3) is 10.2 Å². The van der Waals surface area contributed by atoms with Crippen LogP contribution in [-0.4, -0.2) is 48.8 Å². The molecule has 1 atom stereocenters. The monoisotopic (exact) mass is 307 g/mol. The number of hydrogen-bond acceptors (Lipinski definition) is 7. The molecule has 1 aliphatic heterocycles. The second-order valence-electron chi connectivity index (χ2n) is 4.79. The van der Waals surface area contributed by atoms with Gasteiger partial charge < -0.3 is 14.4 Å². The molecule has 21 heavy (non-hydrogen) atoms. The second kappa shape index (κ2) is 5.95. The molecule has 1 unspecified atom stereocenters. The van der Waals surface area contributed by atoms with Gasteiger partial charge >= 0.3 is 5.97 Å². The molecule has 6 nitrogen and oxygen atoms in total. The molecule has 0 amide bonds. The number of aryl methyl sites for hydroxylation is 1. The highest BCUT2D eigenvalue weighted by Crippen LogP contribution is 2.32. The Balaban J connectivity index is 2.04. The van der Waals surface area contributed by atoms with Crippen molar-refractivity contribution in [3.8, 4) is 0 Å². The van der Waals surface area contributed by atoms with Gasteiger partial charge in [0.05, 0.1) is 25.7 Å². The average Bonchev–Trinajstić information content (AvgIpc) is 2.97. The fraction of sp³-hybridized carbons (Fsp3) is 0.500. The molecule has 0 aliphatic carbocycles. The lowest BCUT2D eigenvalue weighted by atomic mass is 10.2. The summed E-state index contributed by atoms with van der Waals surface area (Å²) in [5.41, 5.74) is 0. The van der Waals surface area contributed by atoms with E-state index in [-0.39, 0.29) is 5.97 Å². The maximum absolute atomic E-state index is 12.0. The molecule has 1 aliphatic rings. The SMILES string of the molecule is CCc1cc2c(N3CCOCC3C(=O)OC)ncnc2s1. The van der Waals surface area contributed by atoms with Gasteiger partial charge in [0.25, 0.3) is 0 Å². The van der Waals surface area contributed by atoms with Crippen molar-refractivity contribution in [1.29, 1.82) is 0 Å². The zero-order valence-corrected chi connectivity index (χ0v) is 12.9. The van der Waals surface area contributed by atoms with Crippen molar-refractivity contribution in [2.75, 3.05) is 31.8 Å². The normalized spacial score (nSPS) is 19.0. The quantitative estimate of drug-likeness (QED) is 0.803. The Kier molecular flexibility index (Phi) is 4.03. The predicted octanol–water partition coefficient (Wildman–Crippen LogP) is 1.63. The van der Waals surface area contributed by atoms with Crippen molar-refractivity contribution in [2.24, 2.45) is 0 Å². The molecule has 0 radical (unpaired) electrons. The van der Waals surface area contributed by atoms with E-state index < -0.39 is 6.04 Å². The summed E-state index contributed by atoms with van der Waals surface area (Å²) < 4.78 is 10.3. The standard InChI is InChI=1S/C14H17N3O3S/c1-3-9-6-10-12(15-8-16-13(10)21-9)17-4-5-20-7-11(17)14(18)19-2/h6,8,11H,3-5,7H2,1-2H3. The first-order valence-electron chi connectivity index (χ1n) is 6.90. The van der Waals surface area contributed by atoms with Crippen molar-refractivity contribution in [2.45, 2.75) is 19.4 Å². The number of fused-ring (bicyclic) bond motifs is 1. The molecule has 2 aromatic heterocycles. The number of carbonyl (C=O) groups is 1. The Hall–Kier alpha value is -1.73. The number of hydrogen-bond donors (Lipinski definition) is 0. The zero-order chi connectivity index (χ0) is 14.8. The predicted molar refractivity (Wildman–Crippen MR) is 80.8 cm³/mol. The fourth-order valence-corrected chi connectivity index (χ4v) is 3.41. The number of ether oxygens (including phenoxy) is 2. The summed E-state index contributed by atoms with van der Waals surface area (Å²) >= 11 is 1.67. The van der Waals surface area contributed by atoms with E-state index in [1.807, 2.05) is 4.90 Å². The Morgan fingerprint density at radius 3 is 3.19 bits per heavy atom. The minimum atomic E-state index is -0.452. The number of aromatic nitrogens is 2. The first-order valence-corrected chi connectivity index (χ1v) is 7.72. The molecule has 112 valence electrons. The maximum atomic E-state index is 12.0. The molecule has 0 aromatic carbocycles. The van der Waals surface area contributed by atoms with Crippen molar-refractivity contribution in [1.82, 2.24) is 9.97 Å². The van der Waals surface area contributed by atoms with Crippen molar-refractivity contribution >= 4 is 33.3 Å². The van der Waals surface area contributed by atoms with Crippen LogP contribution in [0.1, 0.15) is 11.8 Å². The van der Waals surface area contributed by atoms with Crippen LogP contribution in [0.4, 0.5) is 5.82 Å². The molecular formula is C14H17N3O3S. The summed E-state index contributed by atoms with van der Waals surface area (Å²) in [6.07, 6.45) is 2.52. The number of methoxy groups -OCH3 is 1. The van der Waals surface area contributed by atoms with E-state index in [1.54, 1.807) is 17.7 Å². The number of anilines is 1. The van der Waals surface area contributed by atoms with Crippen LogP contribution in [-0.2, 0) is 20.7 Å². The molecular weight excluding hydrogens is 290 g/mol. The van der Waals surface area contributed by atoms with Crippen molar-refractivity contribution in [3.05, 3.63) is 17.3 Å². The van der Waals surface area contributed by atoms with E-state index in [2.05, 4.69) is 23.0 Å². The van der Waals surface area contributed by atoms with Gasteiger partial charge in [-0.05, 0) is 12.5 Å². The molecule has 1 saturated heterocycles. The Morgan fingerprint density at radius 2 is 2.43 bits per heavy atom. The van der Waals surface area contributed by atoms with Crippen LogP contribution in [0.3, 0.4) is 0 Å². The number of thiophene rings is 1. The van der Waals surface area contributed by atoms with Crippen LogP contribution in [0.15, 0.2) is 12.4 Å². The third-order valence-corrected chi connectivity index (χ3v) is 4.77. The van der Waals surface area contributed by atoms with Gasteiger partial charge in [-0.25, -0.2) is 14.8 Å². The molecule has 0 bridgehead atoms. The molecule has 1 fully saturated rings. The minimum Gasteiger partial charge on any atom is -0.467 e. The van der Waals surface area contributed by atoms with Gasteiger partial charge in [0.1, 0.15) is 17.0 Å². The molecule has 7 heteroatoms. The third kappa shape index (κ3) is 2.58. The largest absolute Gasteiger partial charge is 0.467 e. The summed E-state index contributed by atoms with van der Waals surface area (Å²) in [4.78, 5) is 24.9. The lowest BCUT2D eigenvalue weighted by molar-refractivity contribution is -0.144. The first kappa shape index (κ1) is 14.2. The van der Waals surface area contributed by atoms with Crippen molar-refractivity contribution < 1.29 is 14.3 Å². The van der Waals surface area contributed by atoms with Crippen LogP contribution < -0.4 is 4.90 Å². The average molecular weight is 307 g/mol. The fourth-order valence-electron chi connectivity index (χ4n) is 2.48. The summed E-state index contributed by atoms with van der Waals surface area (Å²) in [5, 5.41) is 0.996. The summed E-state index contributed by atoms with van der Waals surface area (Å²) in [7, 11) is 1.39. The van der Waals surface area contributed by atoms with Gasteiger partial charge in [0.2, 0.25) is 0 Å².